The third kappa shape index (κ3) is 20.0. The second-order valence-corrected chi connectivity index (χ2v) is 6.16. The molecule has 0 amide bonds. The van der Waals surface area contributed by atoms with Crippen LogP contribution in [0.1, 0.15) is 34.1 Å². The van der Waals surface area contributed by atoms with E-state index >= 15 is 0 Å². The molecule has 0 aliphatic carbocycles. The Morgan fingerprint density at radius 3 is 1.57 bits per heavy atom. The van der Waals surface area contributed by atoms with Gasteiger partial charge in [-0.2, -0.15) is 0 Å². The van der Waals surface area contributed by atoms with E-state index in [1.165, 1.54) is 24.1 Å². The molecule has 0 aromatic carbocycles. The normalized spacial score (nSPS) is 11.2. The first kappa shape index (κ1) is 29.4. The second-order valence-electron chi connectivity index (χ2n) is 6.16. The Hall–Kier alpha value is -0.770. The molecule has 0 aromatic heterocycles. The van der Waals surface area contributed by atoms with Crippen LogP contribution in [0.15, 0.2) is 0 Å². The van der Waals surface area contributed by atoms with Crippen LogP contribution >= 0.6 is 0 Å². The lowest BCUT2D eigenvalue weighted by atomic mass is 10.3. The Bertz CT molecular complexity index is 317. The molecule has 8 nitrogen and oxygen atoms in total. The molecule has 28 heavy (non-hydrogen) atoms. The van der Waals surface area contributed by atoms with Gasteiger partial charge in [0.25, 0.3) is 0 Å². The van der Waals surface area contributed by atoms with E-state index in [1.807, 2.05) is 0 Å². The minimum atomic E-state index is -1.10. The number of carboxylic acid groups (broad SMARTS) is 1. The highest BCUT2D eigenvalue weighted by Gasteiger charge is 2.19. The summed E-state index contributed by atoms with van der Waals surface area (Å²) in [7, 11) is 1.61. The fourth-order valence-corrected chi connectivity index (χ4v) is 2.39. The number of carbonyl (C=O) groups excluding carboxylic acids is 1. The van der Waals surface area contributed by atoms with Gasteiger partial charge in [-0.05, 0) is 27.7 Å². The first-order chi connectivity index (χ1) is 13.5. The quantitative estimate of drug-likeness (QED) is 0.229. The molecule has 8 heteroatoms. The molecule has 0 fully saturated rings. The average molecular weight is 410 g/mol. The standard InChI is InChI=1S/C10H24NO.C10H20O6/c1-5-11(6-2,7-3)9-10-12-8-4;1-13-4-5-15-8-9-16-7-6-14-3-2-10(11)12/h5-10H2,1-4H3;2-9H2,1H3,(H,11,12)/q+1;/p-1. The summed E-state index contributed by atoms with van der Waals surface area (Å²) in [6, 6.07) is 0. The zero-order valence-electron chi connectivity index (χ0n) is 18.7. The van der Waals surface area contributed by atoms with Crippen LogP contribution in [-0.4, -0.2) is 103 Å². The van der Waals surface area contributed by atoms with Crippen LogP contribution in [-0.2, 0) is 28.5 Å². The number of aliphatic carboxylic acids is 1. The summed E-state index contributed by atoms with van der Waals surface area (Å²) in [6.07, 6.45) is -0.0832. The monoisotopic (exact) mass is 409 g/mol. The first-order valence-corrected chi connectivity index (χ1v) is 10.4. The van der Waals surface area contributed by atoms with Gasteiger partial charge in [0.05, 0.1) is 72.5 Å². The topological polar surface area (TPSA) is 86.3 Å². The average Bonchev–Trinajstić information content (AvgIpc) is 2.70. The lowest BCUT2D eigenvalue weighted by Gasteiger charge is -2.35. The van der Waals surface area contributed by atoms with Crippen molar-refractivity contribution >= 4 is 5.97 Å². The maximum atomic E-state index is 10.0. The maximum Gasteiger partial charge on any atom is 0.102 e. The minimum Gasteiger partial charge on any atom is -0.550 e. The Labute approximate surface area is 171 Å². The minimum absolute atomic E-state index is 0.0832. The van der Waals surface area contributed by atoms with Crippen molar-refractivity contribution in [2.24, 2.45) is 0 Å². The predicted octanol–water partition coefficient (Wildman–Crippen LogP) is 0.722. The van der Waals surface area contributed by atoms with E-state index < -0.39 is 5.97 Å². The highest BCUT2D eigenvalue weighted by atomic mass is 16.6. The molecule has 0 aromatic rings. The van der Waals surface area contributed by atoms with Gasteiger partial charge in [-0.25, -0.2) is 0 Å². The van der Waals surface area contributed by atoms with Gasteiger partial charge in [0.2, 0.25) is 0 Å². The van der Waals surface area contributed by atoms with Gasteiger partial charge in [0.15, 0.2) is 0 Å². The number of rotatable bonds is 19. The molecule has 0 heterocycles. The van der Waals surface area contributed by atoms with Crippen LogP contribution in [0.4, 0.5) is 0 Å². The molecule has 0 radical (unpaired) electrons. The highest BCUT2D eigenvalue weighted by Crippen LogP contribution is 2.04. The molecule has 0 aliphatic rings. The molecule has 0 bridgehead atoms. The van der Waals surface area contributed by atoms with E-state index in [0.717, 1.165) is 19.8 Å². The van der Waals surface area contributed by atoms with Gasteiger partial charge in [-0.1, -0.05) is 0 Å². The summed E-state index contributed by atoms with van der Waals surface area (Å²) >= 11 is 0. The van der Waals surface area contributed by atoms with Crippen LogP contribution in [0.3, 0.4) is 0 Å². The van der Waals surface area contributed by atoms with E-state index in [1.54, 1.807) is 7.11 Å². The summed E-state index contributed by atoms with van der Waals surface area (Å²) < 4.78 is 26.7. The van der Waals surface area contributed by atoms with E-state index in [0.29, 0.717) is 39.6 Å². The highest BCUT2D eigenvalue weighted by molar-refractivity contribution is 5.64. The molecule has 0 unspecified atom stereocenters. The molecule has 0 spiro atoms. The SMILES string of the molecule is CCOCC[N+](CC)(CC)CC.COCCOCCOCCOCCC(=O)[O-]. The third-order valence-corrected chi connectivity index (χ3v) is 4.55. The summed E-state index contributed by atoms with van der Waals surface area (Å²) in [5, 5.41) is 10.0. The molecule has 0 aliphatic heterocycles. The molecular formula is C20H43NO7. The number of likely N-dealkylation sites (N-methyl/N-ethyl adjacent to an activating group) is 1. The van der Waals surface area contributed by atoms with Crippen molar-refractivity contribution in [3.63, 3.8) is 0 Å². The predicted molar refractivity (Wildman–Crippen MR) is 107 cm³/mol. The van der Waals surface area contributed by atoms with Crippen molar-refractivity contribution in [1.29, 1.82) is 0 Å². The Morgan fingerprint density at radius 2 is 1.18 bits per heavy atom. The van der Waals surface area contributed by atoms with Crippen LogP contribution in [0.25, 0.3) is 0 Å². The van der Waals surface area contributed by atoms with E-state index in [9.17, 15) is 9.90 Å². The largest absolute Gasteiger partial charge is 0.550 e. The van der Waals surface area contributed by atoms with E-state index in [4.69, 9.17) is 23.7 Å². The van der Waals surface area contributed by atoms with E-state index in [2.05, 4.69) is 27.7 Å². The molecule has 170 valence electrons. The fraction of sp³-hybridized carbons (Fsp3) is 0.950. The smallest absolute Gasteiger partial charge is 0.102 e. The van der Waals surface area contributed by atoms with Crippen LogP contribution in [0, 0.1) is 0 Å². The lowest BCUT2D eigenvalue weighted by molar-refractivity contribution is -0.923. The van der Waals surface area contributed by atoms with Crippen molar-refractivity contribution in [2.45, 2.75) is 34.1 Å². The number of methoxy groups -OCH3 is 1. The van der Waals surface area contributed by atoms with Gasteiger partial charge in [0, 0.05) is 26.1 Å². The van der Waals surface area contributed by atoms with Crippen LogP contribution in [0.2, 0.25) is 0 Å². The number of nitrogens with zero attached hydrogens (tertiary/aromatic N) is 1. The molecule has 0 saturated carbocycles. The number of carbonyl (C=O) groups is 1. The Morgan fingerprint density at radius 1 is 0.714 bits per heavy atom. The van der Waals surface area contributed by atoms with Gasteiger partial charge < -0.3 is 38.1 Å². The van der Waals surface area contributed by atoms with Crippen molar-refractivity contribution in [3.05, 3.63) is 0 Å². The van der Waals surface area contributed by atoms with Gasteiger partial charge in [-0.15, -0.1) is 0 Å². The lowest BCUT2D eigenvalue weighted by Crippen LogP contribution is -2.49. The summed E-state index contributed by atoms with van der Waals surface area (Å²) in [4.78, 5) is 10.0. The molecule has 0 N–H and O–H groups in total. The second kappa shape index (κ2) is 22.5. The fourth-order valence-electron chi connectivity index (χ4n) is 2.39. The Kier molecular flexibility index (Phi) is 23.7. The molecule has 0 atom stereocenters. The van der Waals surface area contributed by atoms with Crippen molar-refractivity contribution in [1.82, 2.24) is 0 Å². The first-order valence-electron chi connectivity index (χ1n) is 10.4. The van der Waals surface area contributed by atoms with Crippen LogP contribution < -0.4 is 5.11 Å². The number of ether oxygens (including phenoxy) is 5. The zero-order chi connectivity index (χ0) is 21.5. The summed E-state index contributed by atoms with van der Waals surface area (Å²) in [5.74, 6) is -1.10. The maximum absolute atomic E-state index is 10.0. The van der Waals surface area contributed by atoms with Crippen molar-refractivity contribution in [2.75, 3.05) is 92.8 Å². The molecule has 0 saturated heterocycles. The third-order valence-electron chi connectivity index (χ3n) is 4.55. The number of hydrogen-bond acceptors (Lipinski definition) is 7. The number of carboxylic acids is 1. The molecule has 0 rings (SSSR count). The molecular weight excluding hydrogens is 366 g/mol. The van der Waals surface area contributed by atoms with Gasteiger partial charge in [-0.3, -0.25) is 0 Å². The van der Waals surface area contributed by atoms with Gasteiger partial charge >= 0.3 is 0 Å². The summed E-state index contributed by atoms with van der Waals surface area (Å²) in [5.41, 5.74) is 0. The van der Waals surface area contributed by atoms with Crippen molar-refractivity contribution < 1.29 is 38.1 Å². The van der Waals surface area contributed by atoms with Gasteiger partial charge in [0.1, 0.15) is 6.54 Å². The summed E-state index contributed by atoms with van der Waals surface area (Å²) in [6.45, 7) is 18.5. The van der Waals surface area contributed by atoms with Crippen molar-refractivity contribution in [3.8, 4) is 0 Å². The zero-order valence-corrected chi connectivity index (χ0v) is 18.7. The number of quaternary nitrogens is 1. The number of hydrogen-bond donors (Lipinski definition) is 0. The van der Waals surface area contributed by atoms with Crippen LogP contribution in [0.5, 0.6) is 0 Å². The Balaban J connectivity index is 0. The van der Waals surface area contributed by atoms with E-state index in [-0.39, 0.29) is 13.0 Å².